The average molecular weight is 339 g/mol. The number of hydrogen-bond donors (Lipinski definition) is 0. The van der Waals surface area contributed by atoms with Gasteiger partial charge in [-0.25, -0.2) is 4.68 Å². The smallest absolute Gasteiger partial charge is 0.278 e. The summed E-state index contributed by atoms with van der Waals surface area (Å²) in [4.78, 5) is 26.8. The van der Waals surface area contributed by atoms with Gasteiger partial charge in [-0.05, 0) is 37.8 Å². The molecule has 1 aliphatic rings. The summed E-state index contributed by atoms with van der Waals surface area (Å²) in [5, 5.41) is 4.37. The lowest BCUT2D eigenvalue weighted by Crippen LogP contribution is -2.37. The van der Waals surface area contributed by atoms with Crippen molar-refractivity contribution in [2.75, 3.05) is 13.6 Å². The second-order valence-electron chi connectivity index (χ2n) is 6.94. The molecule has 5 heteroatoms. The molecule has 2 aromatic rings. The zero-order valence-corrected chi connectivity index (χ0v) is 14.9. The van der Waals surface area contributed by atoms with Gasteiger partial charge in [-0.2, -0.15) is 5.10 Å². The number of hydrogen-bond acceptors (Lipinski definition) is 3. The standard InChI is InChI=1S/C20H25N3O2/c1-15-13-18(24)19(21-23(15)17-11-7-4-8-12-17)20(25)22(2)14-16-9-5-3-6-10-16/h4,7-8,11-13,16H,3,5-6,9-10,14H2,1-2H3. The topological polar surface area (TPSA) is 55.2 Å². The summed E-state index contributed by atoms with van der Waals surface area (Å²) in [6, 6.07) is 11.0. The van der Waals surface area contributed by atoms with Crippen LogP contribution < -0.4 is 5.43 Å². The summed E-state index contributed by atoms with van der Waals surface area (Å²) in [7, 11) is 1.77. The molecule has 0 atom stereocenters. The molecule has 1 aromatic carbocycles. The van der Waals surface area contributed by atoms with Crippen LogP contribution in [0, 0.1) is 12.8 Å². The average Bonchev–Trinajstić information content (AvgIpc) is 2.63. The van der Waals surface area contributed by atoms with Gasteiger partial charge in [0.2, 0.25) is 5.43 Å². The molecule has 0 spiro atoms. The van der Waals surface area contributed by atoms with Crippen LogP contribution in [0.1, 0.15) is 48.3 Å². The number of nitrogens with zero attached hydrogens (tertiary/aromatic N) is 3. The first kappa shape index (κ1) is 17.4. The molecule has 0 aliphatic heterocycles. The number of aryl methyl sites for hydroxylation is 1. The Bertz CT molecular complexity index is 792. The Morgan fingerprint density at radius 3 is 2.56 bits per heavy atom. The second kappa shape index (κ2) is 7.64. The van der Waals surface area contributed by atoms with E-state index < -0.39 is 0 Å². The highest BCUT2D eigenvalue weighted by molar-refractivity contribution is 5.91. The first-order valence-electron chi connectivity index (χ1n) is 8.98. The van der Waals surface area contributed by atoms with Crippen LogP contribution in [-0.4, -0.2) is 34.2 Å². The molecule has 25 heavy (non-hydrogen) atoms. The van der Waals surface area contributed by atoms with Crippen LogP contribution in [0.15, 0.2) is 41.2 Å². The fourth-order valence-corrected chi connectivity index (χ4v) is 3.55. The molecule has 1 heterocycles. The van der Waals surface area contributed by atoms with Gasteiger partial charge in [-0.1, -0.05) is 37.5 Å². The number of aromatic nitrogens is 2. The highest BCUT2D eigenvalue weighted by Crippen LogP contribution is 2.24. The van der Waals surface area contributed by atoms with Gasteiger partial charge in [0.15, 0.2) is 5.69 Å². The molecule has 1 fully saturated rings. The third kappa shape index (κ3) is 3.98. The largest absolute Gasteiger partial charge is 0.340 e. The van der Waals surface area contributed by atoms with Gasteiger partial charge in [-0.15, -0.1) is 0 Å². The summed E-state index contributed by atoms with van der Waals surface area (Å²) in [5.74, 6) is 0.241. The molecule has 0 bridgehead atoms. The van der Waals surface area contributed by atoms with E-state index in [-0.39, 0.29) is 17.0 Å². The van der Waals surface area contributed by atoms with Crippen molar-refractivity contribution in [2.45, 2.75) is 39.0 Å². The fourth-order valence-electron chi connectivity index (χ4n) is 3.55. The van der Waals surface area contributed by atoms with Gasteiger partial charge in [-0.3, -0.25) is 9.59 Å². The molecular formula is C20H25N3O2. The van der Waals surface area contributed by atoms with Gasteiger partial charge in [0.25, 0.3) is 5.91 Å². The van der Waals surface area contributed by atoms with Crippen molar-refractivity contribution in [1.29, 1.82) is 0 Å². The molecule has 0 saturated heterocycles. The van der Waals surface area contributed by atoms with Crippen LogP contribution >= 0.6 is 0 Å². The predicted molar refractivity (Wildman–Crippen MR) is 98.1 cm³/mol. The molecule has 132 valence electrons. The zero-order chi connectivity index (χ0) is 17.8. The van der Waals surface area contributed by atoms with Crippen LogP contribution in [0.25, 0.3) is 5.69 Å². The van der Waals surface area contributed by atoms with Crippen molar-refractivity contribution < 1.29 is 4.79 Å². The van der Waals surface area contributed by atoms with Crippen molar-refractivity contribution >= 4 is 5.91 Å². The van der Waals surface area contributed by atoms with Crippen LogP contribution in [0.5, 0.6) is 0 Å². The maximum absolute atomic E-state index is 12.8. The van der Waals surface area contributed by atoms with E-state index in [4.69, 9.17) is 0 Å². The van der Waals surface area contributed by atoms with Crippen LogP contribution in [0.4, 0.5) is 0 Å². The van der Waals surface area contributed by atoms with Crippen LogP contribution in [0.2, 0.25) is 0 Å². The summed E-state index contributed by atoms with van der Waals surface area (Å²) < 4.78 is 1.66. The minimum atomic E-state index is -0.315. The molecule has 0 N–H and O–H groups in total. The van der Waals surface area contributed by atoms with E-state index in [9.17, 15) is 9.59 Å². The lowest BCUT2D eigenvalue weighted by atomic mass is 9.89. The predicted octanol–water partition coefficient (Wildman–Crippen LogP) is 3.19. The van der Waals surface area contributed by atoms with Crippen LogP contribution in [0.3, 0.4) is 0 Å². The lowest BCUT2D eigenvalue weighted by molar-refractivity contribution is 0.0751. The molecule has 5 nitrogen and oxygen atoms in total. The van der Waals surface area contributed by atoms with Gasteiger partial charge in [0.1, 0.15) is 0 Å². The second-order valence-corrected chi connectivity index (χ2v) is 6.94. The third-order valence-electron chi connectivity index (χ3n) is 4.91. The fraction of sp³-hybridized carbons (Fsp3) is 0.450. The third-order valence-corrected chi connectivity index (χ3v) is 4.91. The molecule has 1 saturated carbocycles. The van der Waals surface area contributed by atoms with E-state index in [0.29, 0.717) is 18.2 Å². The van der Waals surface area contributed by atoms with E-state index in [1.807, 2.05) is 37.3 Å². The van der Waals surface area contributed by atoms with E-state index >= 15 is 0 Å². The van der Waals surface area contributed by atoms with Crippen molar-refractivity contribution in [3.05, 3.63) is 58.0 Å². The Morgan fingerprint density at radius 1 is 1.20 bits per heavy atom. The normalized spacial score (nSPS) is 15.1. The molecular weight excluding hydrogens is 314 g/mol. The van der Waals surface area contributed by atoms with Crippen molar-refractivity contribution in [2.24, 2.45) is 5.92 Å². The van der Waals surface area contributed by atoms with Gasteiger partial charge < -0.3 is 4.90 Å². The quantitative estimate of drug-likeness (QED) is 0.859. The Labute approximate surface area is 148 Å². The monoisotopic (exact) mass is 339 g/mol. The molecule has 1 aliphatic carbocycles. The Kier molecular flexibility index (Phi) is 5.31. The Balaban J connectivity index is 1.85. The highest BCUT2D eigenvalue weighted by Gasteiger charge is 2.22. The van der Waals surface area contributed by atoms with E-state index in [0.717, 1.165) is 18.5 Å². The Hall–Kier alpha value is -2.43. The summed E-state index contributed by atoms with van der Waals surface area (Å²) in [5.41, 5.74) is 1.23. The van der Waals surface area contributed by atoms with Gasteiger partial charge in [0, 0.05) is 25.4 Å². The first-order valence-corrected chi connectivity index (χ1v) is 8.98. The molecule has 1 amide bonds. The van der Waals surface area contributed by atoms with Crippen molar-refractivity contribution in [1.82, 2.24) is 14.7 Å². The van der Waals surface area contributed by atoms with E-state index in [1.165, 1.54) is 25.3 Å². The number of rotatable bonds is 4. The van der Waals surface area contributed by atoms with Crippen molar-refractivity contribution in [3.8, 4) is 5.69 Å². The number of carbonyl (C=O) groups excluding carboxylic acids is 1. The molecule has 1 aromatic heterocycles. The van der Waals surface area contributed by atoms with Crippen molar-refractivity contribution in [3.63, 3.8) is 0 Å². The van der Waals surface area contributed by atoms with Gasteiger partial charge >= 0.3 is 0 Å². The minimum Gasteiger partial charge on any atom is -0.340 e. The maximum atomic E-state index is 12.8. The highest BCUT2D eigenvalue weighted by atomic mass is 16.2. The number of carbonyl (C=O) groups is 1. The minimum absolute atomic E-state index is 0.00670. The Morgan fingerprint density at radius 2 is 1.88 bits per heavy atom. The summed E-state index contributed by atoms with van der Waals surface area (Å²) in [6.07, 6.45) is 6.07. The summed E-state index contributed by atoms with van der Waals surface area (Å²) in [6.45, 7) is 2.51. The number of para-hydroxylation sites is 1. The van der Waals surface area contributed by atoms with E-state index in [1.54, 1.807) is 16.6 Å². The lowest BCUT2D eigenvalue weighted by Gasteiger charge is -2.26. The summed E-state index contributed by atoms with van der Waals surface area (Å²) >= 11 is 0. The maximum Gasteiger partial charge on any atom is 0.278 e. The van der Waals surface area contributed by atoms with Crippen LogP contribution in [-0.2, 0) is 0 Å². The number of amides is 1. The first-order chi connectivity index (χ1) is 12.1. The number of benzene rings is 1. The zero-order valence-electron chi connectivity index (χ0n) is 14.9. The van der Waals surface area contributed by atoms with Gasteiger partial charge in [0.05, 0.1) is 5.69 Å². The molecule has 0 radical (unpaired) electrons. The molecule has 0 unspecified atom stereocenters. The van der Waals surface area contributed by atoms with E-state index in [2.05, 4.69) is 5.10 Å². The molecule has 3 rings (SSSR count). The SMILES string of the molecule is Cc1cc(=O)c(C(=O)N(C)CC2CCCCC2)nn1-c1ccccc1.